The molecular weight excluding hydrogens is 342 g/mol. The van der Waals surface area contributed by atoms with Gasteiger partial charge in [-0.3, -0.25) is 0 Å². The van der Waals surface area contributed by atoms with Crippen LogP contribution in [-0.4, -0.2) is 56.0 Å². The minimum absolute atomic E-state index is 0.262. The molecule has 9 heteroatoms. The number of fused-ring (bicyclic) bond motifs is 1. The molecular formula is C18H19N9. The summed E-state index contributed by atoms with van der Waals surface area (Å²) in [4.78, 5) is 12.7. The maximum atomic E-state index is 9.23. The van der Waals surface area contributed by atoms with Crippen molar-refractivity contribution >= 4 is 17.3 Å². The molecule has 0 radical (unpaired) electrons. The zero-order valence-electron chi connectivity index (χ0n) is 15.0. The number of nitrogens with zero attached hydrogens (tertiary/aromatic N) is 9. The minimum Gasteiger partial charge on any atom is -0.351 e. The Kier molecular flexibility index (Phi) is 3.63. The molecule has 4 heterocycles. The van der Waals surface area contributed by atoms with Gasteiger partial charge in [0.05, 0.1) is 6.04 Å². The van der Waals surface area contributed by atoms with E-state index in [0.717, 1.165) is 30.4 Å². The number of aromatic nitrogens is 6. The van der Waals surface area contributed by atoms with Gasteiger partial charge in [-0.05, 0) is 25.0 Å². The molecule has 0 aromatic carbocycles. The number of hydrogen-bond donors (Lipinski definition) is 0. The van der Waals surface area contributed by atoms with Gasteiger partial charge in [0.25, 0.3) is 0 Å². The van der Waals surface area contributed by atoms with E-state index in [1.54, 1.807) is 12.4 Å². The van der Waals surface area contributed by atoms with Crippen LogP contribution in [0.25, 0.3) is 5.65 Å². The highest BCUT2D eigenvalue weighted by atomic mass is 15.4. The van der Waals surface area contributed by atoms with E-state index in [0.29, 0.717) is 17.4 Å². The van der Waals surface area contributed by atoms with Gasteiger partial charge in [0, 0.05) is 38.4 Å². The number of nitriles is 1. The first-order chi connectivity index (χ1) is 13.2. The average Bonchev–Trinajstić information content (AvgIpc) is 3.02. The summed E-state index contributed by atoms with van der Waals surface area (Å²) in [5.74, 6) is 3.01. The molecule has 1 aliphatic carbocycles. The molecule has 0 N–H and O–H groups in total. The summed E-state index contributed by atoms with van der Waals surface area (Å²) in [6.45, 7) is 1.63. The highest BCUT2D eigenvalue weighted by Gasteiger charge is 2.33. The molecule has 27 heavy (non-hydrogen) atoms. The van der Waals surface area contributed by atoms with Gasteiger partial charge < -0.3 is 9.80 Å². The Hall–Kier alpha value is -3.28. The quantitative estimate of drug-likeness (QED) is 0.687. The highest BCUT2D eigenvalue weighted by Crippen LogP contribution is 2.35. The summed E-state index contributed by atoms with van der Waals surface area (Å²) in [6.07, 6.45) is 6.76. The fraction of sp³-hybridized carbons (Fsp3) is 0.444. The maximum Gasteiger partial charge on any atom is 0.183 e. The Labute approximate surface area is 156 Å². The molecule has 0 amide bonds. The topological polar surface area (TPSA) is 99.1 Å². The minimum atomic E-state index is 0.262. The molecule has 2 fully saturated rings. The van der Waals surface area contributed by atoms with E-state index in [-0.39, 0.29) is 6.04 Å². The van der Waals surface area contributed by atoms with Crippen molar-refractivity contribution < 1.29 is 0 Å². The van der Waals surface area contributed by atoms with Gasteiger partial charge in [0.2, 0.25) is 0 Å². The van der Waals surface area contributed by atoms with Gasteiger partial charge in [-0.25, -0.2) is 9.97 Å². The first kappa shape index (κ1) is 15.9. The van der Waals surface area contributed by atoms with Crippen molar-refractivity contribution in [1.82, 2.24) is 29.8 Å². The molecule has 2 aliphatic rings. The lowest BCUT2D eigenvalue weighted by molar-refractivity contribution is 0.394. The van der Waals surface area contributed by atoms with E-state index in [4.69, 9.17) is 5.10 Å². The molecule has 3 aromatic rings. The molecule has 0 spiro atoms. The van der Waals surface area contributed by atoms with Gasteiger partial charge in [0.15, 0.2) is 23.0 Å². The lowest BCUT2D eigenvalue weighted by atomic mass is 9.85. The standard InChI is InChI=1S/C18H19N9/c1-25(18-14(9-19)20-7-8-21-18)13-10-26(11-13)16-6-5-15-22-23-17(27(15)24-16)12-3-2-4-12/h5-8,12-13H,2-4,10-11H2,1H3. The second-order valence-corrected chi connectivity index (χ2v) is 7.16. The summed E-state index contributed by atoms with van der Waals surface area (Å²) in [7, 11) is 1.96. The molecule has 1 saturated heterocycles. The van der Waals surface area contributed by atoms with Crippen molar-refractivity contribution in [1.29, 1.82) is 5.26 Å². The highest BCUT2D eigenvalue weighted by molar-refractivity contribution is 5.54. The number of anilines is 2. The normalized spacial score (nSPS) is 17.4. The van der Waals surface area contributed by atoms with Gasteiger partial charge in [-0.2, -0.15) is 9.78 Å². The molecule has 5 rings (SSSR count). The van der Waals surface area contributed by atoms with Crippen LogP contribution >= 0.6 is 0 Å². The molecule has 1 aliphatic heterocycles. The summed E-state index contributed by atoms with van der Waals surface area (Å²) in [6, 6.07) is 6.34. The molecule has 0 bridgehead atoms. The number of likely N-dealkylation sites (N-methyl/N-ethyl adjacent to an activating group) is 1. The van der Waals surface area contributed by atoms with Crippen molar-refractivity contribution in [2.24, 2.45) is 0 Å². The van der Waals surface area contributed by atoms with Crippen molar-refractivity contribution in [3.63, 3.8) is 0 Å². The van der Waals surface area contributed by atoms with Crippen LogP contribution in [0.15, 0.2) is 24.5 Å². The molecule has 3 aromatic heterocycles. The summed E-state index contributed by atoms with van der Waals surface area (Å²) in [5.41, 5.74) is 1.15. The number of hydrogen-bond acceptors (Lipinski definition) is 8. The van der Waals surface area contributed by atoms with Crippen LogP contribution in [0, 0.1) is 11.3 Å². The Morgan fingerprint density at radius 1 is 1.15 bits per heavy atom. The van der Waals surface area contributed by atoms with Crippen molar-refractivity contribution in [3.05, 3.63) is 36.0 Å². The van der Waals surface area contributed by atoms with Gasteiger partial charge in [-0.1, -0.05) is 6.42 Å². The molecule has 0 atom stereocenters. The smallest absolute Gasteiger partial charge is 0.183 e. The third-order valence-corrected chi connectivity index (χ3v) is 5.60. The van der Waals surface area contributed by atoms with Crippen molar-refractivity contribution in [2.75, 3.05) is 29.9 Å². The Morgan fingerprint density at radius 3 is 2.70 bits per heavy atom. The van der Waals surface area contributed by atoms with Crippen LogP contribution in [0.5, 0.6) is 0 Å². The predicted octanol–water partition coefficient (Wildman–Crippen LogP) is 1.38. The van der Waals surface area contributed by atoms with Crippen LogP contribution in [0.1, 0.15) is 36.7 Å². The monoisotopic (exact) mass is 361 g/mol. The summed E-state index contributed by atoms with van der Waals surface area (Å²) in [5, 5.41) is 22.6. The van der Waals surface area contributed by atoms with E-state index < -0.39 is 0 Å². The lowest BCUT2D eigenvalue weighted by Gasteiger charge is -2.44. The second-order valence-electron chi connectivity index (χ2n) is 7.16. The van der Waals surface area contributed by atoms with Crippen LogP contribution in [0.3, 0.4) is 0 Å². The molecule has 1 saturated carbocycles. The molecule has 9 nitrogen and oxygen atoms in total. The SMILES string of the molecule is CN(c1nccnc1C#N)C1CN(c2ccc3nnc(C4CCC4)n3n2)C1. The van der Waals surface area contributed by atoms with Crippen LogP contribution in [-0.2, 0) is 0 Å². The fourth-order valence-electron chi connectivity index (χ4n) is 3.61. The maximum absolute atomic E-state index is 9.23. The van der Waals surface area contributed by atoms with Gasteiger partial charge in [0.1, 0.15) is 11.9 Å². The van der Waals surface area contributed by atoms with E-state index in [1.807, 2.05) is 28.6 Å². The van der Waals surface area contributed by atoms with Crippen LogP contribution in [0.4, 0.5) is 11.6 Å². The zero-order chi connectivity index (χ0) is 18.4. The largest absolute Gasteiger partial charge is 0.351 e. The van der Waals surface area contributed by atoms with Crippen molar-refractivity contribution in [2.45, 2.75) is 31.2 Å². The van der Waals surface area contributed by atoms with Crippen LogP contribution < -0.4 is 9.80 Å². The first-order valence-electron chi connectivity index (χ1n) is 9.16. The Balaban J connectivity index is 1.34. The van der Waals surface area contributed by atoms with Crippen LogP contribution in [0.2, 0.25) is 0 Å². The van der Waals surface area contributed by atoms with Crippen molar-refractivity contribution in [3.8, 4) is 6.07 Å². The van der Waals surface area contributed by atoms with E-state index >= 15 is 0 Å². The van der Waals surface area contributed by atoms with E-state index in [9.17, 15) is 5.26 Å². The number of rotatable bonds is 4. The third kappa shape index (κ3) is 2.56. The lowest BCUT2D eigenvalue weighted by Crippen LogP contribution is -2.59. The second kappa shape index (κ2) is 6.16. The average molecular weight is 361 g/mol. The summed E-state index contributed by atoms with van der Waals surface area (Å²) < 4.78 is 1.90. The predicted molar refractivity (Wildman–Crippen MR) is 98.5 cm³/mol. The zero-order valence-corrected chi connectivity index (χ0v) is 15.0. The van der Waals surface area contributed by atoms with Gasteiger partial charge >= 0.3 is 0 Å². The third-order valence-electron chi connectivity index (χ3n) is 5.60. The van der Waals surface area contributed by atoms with E-state index in [1.165, 1.54) is 19.3 Å². The Bertz CT molecular complexity index is 1030. The fourth-order valence-corrected chi connectivity index (χ4v) is 3.61. The summed E-state index contributed by atoms with van der Waals surface area (Å²) >= 11 is 0. The first-order valence-corrected chi connectivity index (χ1v) is 9.16. The molecule has 0 unspecified atom stereocenters. The Morgan fingerprint density at radius 2 is 1.96 bits per heavy atom. The van der Waals surface area contributed by atoms with Gasteiger partial charge in [-0.15, -0.1) is 15.3 Å². The molecule has 136 valence electrons. The van der Waals surface area contributed by atoms with E-state index in [2.05, 4.69) is 31.1 Å².